The molecule has 0 bridgehead atoms. The van der Waals surface area contributed by atoms with Crippen LogP contribution >= 0.6 is 23.2 Å². The molecule has 26 heavy (non-hydrogen) atoms. The largest absolute Gasteiger partial charge is 0.465 e. The molecule has 1 N–H and O–H groups in total. The molecule has 0 radical (unpaired) electrons. The van der Waals surface area contributed by atoms with Crippen molar-refractivity contribution in [2.45, 2.75) is 0 Å². The summed E-state index contributed by atoms with van der Waals surface area (Å²) in [7, 11) is 1.28. The van der Waals surface area contributed by atoms with E-state index in [1.807, 2.05) is 0 Å². The molecule has 0 aliphatic heterocycles. The fourth-order valence-electron chi connectivity index (χ4n) is 2.09. The molecule has 3 aromatic rings. The first kappa shape index (κ1) is 17.9. The van der Waals surface area contributed by atoms with Gasteiger partial charge in [0.1, 0.15) is 0 Å². The molecule has 9 heteroatoms. The number of aromatic nitrogens is 2. The zero-order chi connectivity index (χ0) is 18.7. The molecular weight excluding hydrogens is 381 g/mol. The molecule has 0 aliphatic carbocycles. The fourth-order valence-corrected chi connectivity index (χ4v) is 2.58. The Balaban J connectivity index is 1.74. The minimum atomic E-state index is -0.488. The Kier molecular flexibility index (Phi) is 5.20. The van der Waals surface area contributed by atoms with Crippen LogP contribution in [0.5, 0.6) is 0 Å². The van der Waals surface area contributed by atoms with Gasteiger partial charge in [0.15, 0.2) is 0 Å². The van der Waals surface area contributed by atoms with Crippen molar-refractivity contribution in [1.29, 1.82) is 0 Å². The maximum Gasteiger partial charge on any atom is 0.337 e. The van der Waals surface area contributed by atoms with E-state index in [9.17, 15) is 9.59 Å². The highest BCUT2D eigenvalue weighted by atomic mass is 35.5. The standard InChI is InChI=1S/C17H11Cl2N3O4/c1-25-16(24)10-4-2-9(3-5-10)14(23)20-17-22-21-15(26-17)12-7-6-11(18)8-13(12)19/h2-8H,1H3,(H,20,22,23). The summed E-state index contributed by atoms with van der Waals surface area (Å²) in [6.45, 7) is 0. The Hall–Kier alpha value is -2.90. The number of rotatable bonds is 4. The Labute approximate surface area is 157 Å². The molecular formula is C17H11Cl2N3O4. The molecule has 3 rings (SSSR count). The molecule has 2 aromatic carbocycles. The second kappa shape index (κ2) is 7.55. The van der Waals surface area contributed by atoms with Gasteiger partial charge in [-0.05, 0) is 42.5 Å². The van der Waals surface area contributed by atoms with Gasteiger partial charge in [-0.15, -0.1) is 5.10 Å². The molecule has 1 amide bonds. The van der Waals surface area contributed by atoms with Gasteiger partial charge in [0, 0.05) is 10.6 Å². The summed E-state index contributed by atoms with van der Waals surface area (Å²) >= 11 is 11.9. The van der Waals surface area contributed by atoms with E-state index in [4.69, 9.17) is 27.6 Å². The quantitative estimate of drug-likeness (QED) is 0.673. The van der Waals surface area contributed by atoms with Gasteiger partial charge in [-0.2, -0.15) is 0 Å². The van der Waals surface area contributed by atoms with E-state index in [2.05, 4.69) is 20.3 Å². The average molecular weight is 392 g/mol. The number of ether oxygens (including phenoxy) is 1. The first-order valence-corrected chi connectivity index (χ1v) is 8.02. The lowest BCUT2D eigenvalue weighted by molar-refractivity contribution is 0.0600. The van der Waals surface area contributed by atoms with Gasteiger partial charge >= 0.3 is 12.0 Å². The number of nitrogens with one attached hydrogen (secondary N) is 1. The van der Waals surface area contributed by atoms with Crippen LogP contribution in [0, 0.1) is 0 Å². The highest BCUT2D eigenvalue weighted by molar-refractivity contribution is 6.36. The average Bonchev–Trinajstić information content (AvgIpc) is 3.09. The van der Waals surface area contributed by atoms with E-state index in [-0.39, 0.29) is 11.9 Å². The maximum atomic E-state index is 12.2. The highest BCUT2D eigenvalue weighted by Gasteiger charge is 2.15. The number of methoxy groups -OCH3 is 1. The van der Waals surface area contributed by atoms with Crippen molar-refractivity contribution in [2.75, 3.05) is 12.4 Å². The summed E-state index contributed by atoms with van der Waals surface area (Å²) < 4.78 is 10.0. The predicted octanol–water partition coefficient (Wildman–Crippen LogP) is 4.08. The third-order valence-electron chi connectivity index (χ3n) is 3.38. The summed E-state index contributed by atoms with van der Waals surface area (Å²) in [4.78, 5) is 23.6. The van der Waals surface area contributed by atoms with Crippen LogP contribution in [-0.4, -0.2) is 29.2 Å². The third-order valence-corrected chi connectivity index (χ3v) is 3.92. The van der Waals surface area contributed by atoms with Gasteiger partial charge in [0.05, 0.1) is 23.3 Å². The SMILES string of the molecule is COC(=O)c1ccc(C(=O)Nc2nnc(-c3ccc(Cl)cc3Cl)o2)cc1. The van der Waals surface area contributed by atoms with Crippen LogP contribution < -0.4 is 5.32 Å². The number of benzene rings is 2. The molecule has 7 nitrogen and oxygen atoms in total. The predicted molar refractivity (Wildman–Crippen MR) is 95.5 cm³/mol. The van der Waals surface area contributed by atoms with E-state index < -0.39 is 11.9 Å². The number of halogens is 2. The number of hydrogen-bond donors (Lipinski definition) is 1. The van der Waals surface area contributed by atoms with Gasteiger partial charge in [0.25, 0.3) is 11.8 Å². The molecule has 0 spiro atoms. The van der Waals surface area contributed by atoms with Gasteiger partial charge in [-0.1, -0.05) is 28.3 Å². The van der Waals surface area contributed by atoms with Crippen LogP contribution in [0.3, 0.4) is 0 Å². The molecule has 0 aliphatic rings. The van der Waals surface area contributed by atoms with E-state index in [0.717, 1.165) is 0 Å². The number of carbonyl (C=O) groups is 2. The van der Waals surface area contributed by atoms with Gasteiger partial charge in [-0.3, -0.25) is 10.1 Å². The number of anilines is 1. The molecule has 0 saturated carbocycles. The van der Waals surface area contributed by atoms with Crippen LogP contribution in [-0.2, 0) is 4.74 Å². The summed E-state index contributed by atoms with van der Waals surface area (Å²) in [6.07, 6.45) is 0. The van der Waals surface area contributed by atoms with Gasteiger partial charge < -0.3 is 9.15 Å². The van der Waals surface area contributed by atoms with Crippen molar-refractivity contribution in [3.63, 3.8) is 0 Å². The fraction of sp³-hybridized carbons (Fsp3) is 0.0588. The lowest BCUT2D eigenvalue weighted by atomic mass is 10.1. The van der Waals surface area contributed by atoms with Crippen molar-refractivity contribution in [1.82, 2.24) is 10.2 Å². The number of amides is 1. The van der Waals surface area contributed by atoms with Crippen molar-refractivity contribution in [3.8, 4) is 11.5 Å². The summed E-state index contributed by atoms with van der Waals surface area (Å²) in [5, 5.41) is 10.9. The first-order chi connectivity index (χ1) is 12.5. The van der Waals surface area contributed by atoms with Crippen LogP contribution in [0.4, 0.5) is 6.01 Å². The maximum absolute atomic E-state index is 12.2. The Morgan fingerprint density at radius 1 is 1.04 bits per heavy atom. The number of hydrogen-bond acceptors (Lipinski definition) is 6. The zero-order valence-electron chi connectivity index (χ0n) is 13.3. The summed E-state index contributed by atoms with van der Waals surface area (Å²) in [5.41, 5.74) is 1.13. The molecule has 132 valence electrons. The van der Waals surface area contributed by atoms with Crippen molar-refractivity contribution < 1.29 is 18.7 Å². The molecule has 1 aromatic heterocycles. The van der Waals surface area contributed by atoms with Crippen molar-refractivity contribution >= 4 is 41.1 Å². The van der Waals surface area contributed by atoms with E-state index in [1.54, 1.807) is 18.2 Å². The second-order valence-electron chi connectivity index (χ2n) is 5.06. The number of nitrogens with zero attached hydrogens (tertiary/aromatic N) is 2. The van der Waals surface area contributed by atoms with Gasteiger partial charge in [0.2, 0.25) is 0 Å². The Bertz CT molecular complexity index is 970. The normalized spacial score (nSPS) is 10.4. The number of carbonyl (C=O) groups excluding carboxylic acids is 2. The van der Waals surface area contributed by atoms with Crippen molar-refractivity contribution in [2.24, 2.45) is 0 Å². The lowest BCUT2D eigenvalue weighted by Gasteiger charge is -2.02. The van der Waals surface area contributed by atoms with E-state index in [1.165, 1.54) is 31.4 Å². The van der Waals surface area contributed by atoms with Gasteiger partial charge in [-0.25, -0.2) is 4.79 Å². The highest BCUT2D eigenvalue weighted by Crippen LogP contribution is 2.30. The van der Waals surface area contributed by atoms with Crippen LogP contribution in [0.15, 0.2) is 46.9 Å². The minimum Gasteiger partial charge on any atom is -0.465 e. The van der Waals surface area contributed by atoms with E-state index in [0.29, 0.717) is 26.7 Å². The summed E-state index contributed by atoms with van der Waals surface area (Å²) in [5.74, 6) is -0.819. The Morgan fingerprint density at radius 2 is 1.73 bits per heavy atom. The topological polar surface area (TPSA) is 94.3 Å². The molecule has 0 fully saturated rings. The smallest absolute Gasteiger partial charge is 0.337 e. The van der Waals surface area contributed by atoms with Crippen LogP contribution in [0.2, 0.25) is 10.0 Å². The second-order valence-corrected chi connectivity index (χ2v) is 5.90. The molecule has 0 unspecified atom stereocenters. The molecule has 1 heterocycles. The van der Waals surface area contributed by atoms with E-state index >= 15 is 0 Å². The third kappa shape index (κ3) is 3.84. The lowest BCUT2D eigenvalue weighted by Crippen LogP contribution is -2.12. The van der Waals surface area contributed by atoms with Crippen LogP contribution in [0.25, 0.3) is 11.5 Å². The summed E-state index contributed by atoms with van der Waals surface area (Å²) in [6, 6.07) is 10.6. The molecule has 0 atom stereocenters. The monoisotopic (exact) mass is 391 g/mol. The Morgan fingerprint density at radius 3 is 2.38 bits per heavy atom. The zero-order valence-corrected chi connectivity index (χ0v) is 14.8. The van der Waals surface area contributed by atoms with Crippen molar-refractivity contribution in [3.05, 3.63) is 63.6 Å². The minimum absolute atomic E-state index is 0.0898. The van der Waals surface area contributed by atoms with Crippen LogP contribution in [0.1, 0.15) is 20.7 Å². The first-order valence-electron chi connectivity index (χ1n) is 7.26. The number of esters is 1. The molecule has 0 saturated heterocycles.